The Morgan fingerprint density at radius 2 is 0.889 bits per heavy atom. The zero-order valence-corrected chi connectivity index (χ0v) is 30.8. The second-order valence-electron chi connectivity index (χ2n) is 13.5. The molecule has 0 spiro atoms. The van der Waals surface area contributed by atoms with Crippen molar-refractivity contribution < 1.29 is 9.53 Å². The topological polar surface area (TPSA) is 29.5 Å². The lowest BCUT2D eigenvalue weighted by molar-refractivity contribution is -0.143. The lowest BCUT2D eigenvalue weighted by Crippen LogP contribution is -2.17. The number of likely N-dealkylation sites (N-methyl/N-ethyl adjacent to an activating group) is 1. The largest absolute Gasteiger partial charge is 0.459 e. The van der Waals surface area contributed by atoms with Crippen molar-refractivity contribution in [2.45, 2.75) is 193 Å². The SMILES string of the molecule is CCCCC/C=C\C/C=C\CCCCCCCCC(CCCCCCCC/C=C\CCCCCCC)OC(=O)/C=C/CN(C)C. The standard InChI is InChI=1S/C42H77NO2/c1-5-7-9-11-13-15-17-19-21-23-25-27-29-31-33-35-38-41(45-42(44)39-36-40-43(3)4)37-34-32-30-28-26-24-22-20-18-16-14-12-10-8-6-2/h13,15,18-21,36,39,41H,5-12,14,16-17,22-35,37-38,40H2,1-4H3/b15-13-,20-18-,21-19-,39-36+. The van der Waals surface area contributed by atoms with Crippen molar-refractivity contribution in [2.75, 3.05) is 20.6 Å². The van der Waals surface area contributed by atoms with E-state index in [1.807, 2.05) is 20.2 Å². The molecule has 45 heavy (non-hydrogen) atoms. The molecule has 3 nitrogen and oxygen atoms in total. The Hall–Kier alpha value is -1.61. The van der Waals surface area contributed by atoms with Crippen molar-refractivity contribution in [1.82, 2.24) is 4.90 Å². The lowest BCUT2D eigenvalue weighted by Gasteiger charge is -2.17. The van der Waals surface area contributed by atoms with Crippen LogP contribution in [0.25, 0.3) is 0 Å². The second-order valence-corrected chi connectivity index (χ2v) is 13.5. The van der Waals surface area contributed by atoms with E-state index in [1.165, 1.54) is 148 Å². The van der Waals surface area contributed by atoms with Crippen molar-refractivity contribution in [2.24, 2.45) is 0 Å². The molecule has 0 radical (unpaired) electrons. The summed E-state index contributed by atoms with van der Waals surface area (Å²) in [5, 5.41) is 0. The molecule has 0 aliphatic carbocycles. The number of esters is 1. The second kappa shape index (κ2) is 36.9. The number of unbranched alkanes of at least 4 members (excludes halogenated alkanes) is 20. The fraction of sp³-hybridized carbons (Fsp3) is 0.786. The van der Waals surface area contributed by atoms with Gasteiger partial charge in [-0.1, -0.05) is 146 Å². The van der Waals surface area contributed by atoms with Crippen LogP contribution in [0.2, 0.25) is 0 Å². The molecule has 0 aliphatic rings. The van der Waals surface area contributed by atoms with Crippen LogP contribution < -0.4 is 0 Å². The summed E-state index contributed by atoms with van der Waals surface area (Å²) in [6.07, 6.45) is 52.0. The van der Waals surface area contributed by atoms with E-state index in [1.54, 1.807) is 6.08 Å². The molecule has 0 fully saturated rings. The molecule has 1 unspecified atom stereocenters. The molecule has 0 rings (SSSR count). The molecule has 262 valence electrons. The van der Waals surface area contributed by atoms with Gasteiger partial charge in [-0.2, -0.15) is 0 Å². The average molecular weight is 628 g/mol. The number of hydrogen-bond acceptors (Lipinski definition) is 3. The van der Waals surface area contributed by atoms with Gasteiger partial charge in [-0.05, 0) is 97.6 Å². The van der Waals surface area contributed by atoms with Crippen LogP contribution in [0, 0.1) is 0 Å². The van der Waals surface area contributed by atoms with Crippen LogP contribution in [0.4, 0.5) is 0 Å². The normalized spacial score (nSPS) is 13.0. The molecule has 0 aliphatic heterocycles. The molecule has 0 heterocycles. The highest BCUT2D eigenvalue weighted by Gasteiger charge is 2.12. The van der Waals surface area contributed by atoms with Crippen LogP contribution in [-0.2, 0) is 9.53 Å². The molecule has 0 amide bonds. The van der Waals surface area contributed by atoms with Crippen LogP contribution in [0.15, 0.2) is 48.6 Å². The van der Waals surface area contributed by atoms with Crippen molar-refractivity contribution in [1.29, 1.82) is 0 Å². The first-order valence-corrected chi connectivity index (χ1v) is 19.6. The number of ether oxygens (including phenoxy) is 1. The van der Waals surface area contributed by atoms with Crippen LogP contribution in [0.5, 0.6) is 0 Å². The smallest absolute Gasteiger partial charge is 0.330 e. The first-order valence-electron chi connectivity index (χ1n) is 19.6. The van der Waals surface area contributed by atoms with Crippen LogP contribution >= 0.6 is 0 Å². The zero-order chi connectivity index (χ0) is 32.9. The molecule has 0 saturated carbocycles. The predicted octanol–water partition coefficient (Wildman–Crippen LogP) is 13.3. The van der Waals surface area contributed by atoms with Gasteiger partial charge in [-0.25, -0.2) is 4.79 Å². The lowest BCUT2D eigenvalue weighted by atomic mass is 10.0. The minimum absolute atomic E-state index is 0.0689. The maximum atomic E-state index is 12.4. The van der Waals surface area contributed by atoms with E-state index in [4.69, 9.17) is 4.74 Å². The van der Waals surface area contributed by atoms with Crippen LogP contribution in [0.3, 0.4) is 0 Å². The highest BCUT2D eigenvalue weighted by atomic mass is 16.5. The first-order chi connectivity index (χ1) is 22.1. The zero-order valence-electron chi connectivity index (χ0n) is 30.8. The van der Waals surface area contributed by atoms with E-state index in [0.717, 1.165) is 32.2 Å². The molecular formula is C42H77NO2. The van der Waals surface area contributed by atoms with Gasteiger partial charge in [0, 0.05) is 12.6 Å². The summed E-state index contributed by atoms with van der Waals surface area (Å²) in [7, 11) is 4.02. The number of nitrogens with zero attached hydrogens (tertiary/aromatic N) is 1. The summed E-state index contributed by atoms with van der Waals surface area (Å²) in [5.74, 6) is -0.170. The van der Waals surface area contributed by atoms with Gasteiger partial charge in [-0.3, -0.25) is 0 Å². The Labute approximate surface area is 282 Å². The first kappa shape index (κ1) is 43.4. The third-order valence-corrected chi connectivity index (χ3v) is 8.52. The fourth-order valence-electron chi connectivity index (χ4n) is 5.63. The monoisotopic (exact) mass is 628 g/mol. The number of rotatable bonds is 34. The molecular weight excluding hydrogens is 550 g/mol. The molecule has 0 bridgehead atoms. The Morgan fingerprint density at radius 3 is 1.36 bits per heavy atom. The highest BCUT2D eigenvalue weighted by molar-refractivity contribution is 5.82. The summed E-state index contributed by atoms with van der Waals surface area (Å²) >= 11 is 0. The predicted molar refractivity (Wildman–Crippen MR) is 201 cm³/mol. The van der Waals surface area contributed by atoms with Gasteiger partial charge in [0.1, 0.15) is 6.10 Å². The molecule has 0 saturated heterocycles. The quantitative estimate of drug-likeness (QED) is 0.0308. The Bertz CT molecular complexity index is 720. The fourth-order valence-corrected chi connectivity index (χ4v) is 5.63. The van der Waals surface area contributed by atoms with E-state index in [0.29, 0.717) is 0 Å². The van der Waals surface area contributed by atoms with E-state index in [2.05, 4.69) is 55.2 Å². The van der Waals surface area contributed by atoms with Crippen LogP contribution in [0.1, 0.15) is 187 Å². The molecule has 0 aromatic carbocycles. The van der Waals surface area contributed by atoms with Gasteiger partial charge in [0.25, 0.3) is 0 Å². The number of carbonyl (C=O) groups is 1. The third kappa shape index (κ3) is 36.7. The van der Waals surface area contributed by atoms with Gasteiger partial charge in [-0.15, -0.1) is 0 Å². The van der Waals surface area contributed by atoms with Gasteiger partial charge >= 0.3 is 5.97 Å². The van der Waals surface area contributed by atoms with Crippen molar-refractivity contribution in [3.8, 4) is 0 Å². The van der Waals surface area contributed by atoms with E-state index < -0.39 is 0 Å². The van der Waals surface area contributed by atoms with E-state index in [-0.39, 0.29) is 12.1 Å². The number of carbonyl (C=O) groups excluding carboxylic acids is 1. The van der Waals surface area contributed by atoms with Gasteiger partial charge < -0.3 is 9.64 Å². The number of hydrogen-bond donors (Lipinski definition) is 0. The Kier molecular flexibility index (Phi) is 35.5. The third-order valence-electron chi connectivity index (χ3n) is 8.52. The summed E-state index contributed by atoms with van der Waals surface area (Å²) in [5.41, 5.74) is 0. The maximum absolute atomic E-state index is 12.4. The molecule has 1 atom stereocenters. The van der Waals surface area contributed by atoms with Crippen molar-refractivity contribution in [3.63, 3.8) is 0 Å². The Balaban J connectivity index is 4.03. The number of allylic oxidation sites excluding steroid dienone is 6. The van der Waals surface area contributed by atoms with E-state index >= 15 is 0 Å². The van der Waals surface area contributed by atoms with Gasteiger partial charge in [0.2, 0.25) is 0 Å². The molecule has 0 aromatic rings. The average Bonchev–Trinajstić information content (AvgIpc) is 3.02. The molecule has 0 N–H and O–H groups in total. The van der Waals surface area contributed by atoms with E-state index in [9.17, 15) is 4.79 Å². The highest BCUT2D eigenvalue weighted by Crippen LogP contribution is 2.18. The van der Waals surface area contributed by atoms with Gasteiger partial charge in [0.05, 0.1) is 0 Å². The summed E-state index contributed by atoms with van der Waals surface area (Å²) in [6.45, 7) is 5.30. The summed E-state index contributed by atoms with van der Waals surface area (Å²) < 4.78 is 5.91. The van der Waals surface area contributed by atoms with Crippen LogP contribution in [-0.4, -0.2) is 37.6 Å². The van der Waals surface area contributed by atoms with Gasteiger partial charge in [0.15, 0.2) is 0 Å². The minimum Gasteiger partial charge on any atom is -0.459 e. The molecule has 3 heteroatoms. The van der Waals surface area contributed by atoms with Crippen molar-refractivity contribution >= 4 is 5.97 Å². The maximum Gasteiger partial charge on any atom is 0.330 e. The summed E-state index contributed by atoms with van der Waals surface area (Å²) in [4.78, 5) is 14.5. The molecule has 0 aromatic heterocycles. The minimum atomic E-state index is -0.170. The van der Waals surface area contributed by atoms with Crippen molar-refractivity contribution in [3.05, 3.63) is 48.6 Å². The summed E-state index contributed by atoms with van der Waals surface area (Å²) in [6, 6.07) is 0. The Morgan fingerprint density at radius 1 is 0.511 bits per heavy atom.